The Kier molecular flexibility index (Phi) is 12.6. The van der Waals surface area contributed by atoms with Gasteiger partial charge in [0.05, 0.1) is 6.42 Å². The van der Waals surface area contributed by atoms with Crippen LogP contribution in [0.2, 0.25) is 0 Å². The molecule has 1 aromatic heterocycles. The number of amides is 5. The van der Waals surface area contributed by atoms with Crippen LogP contribution in [0.1, 0.15) is 58.9 Å². The van der Waals surface area contributed by atoms with Crippen LogP contribution in [0.15, 0.2) is 30.5 Å². The number of carbonyl (C=O) groups excluding carboxylic acids is 5. The van der Waals surface area contributed by atoms with Gasteiger partial charge in [-0.1, -0.05) is 45.9 Å². The van der Waals surface area contributed by atoms with Crippen molar-refractivity contribution in [3.05, 3.63) is 36.0 Å². The normalized spacial score (nSPS) is 25.1. The molecule has 6 N–H and O–H groups in total. The van der Waals surface area contributed by atoms with Gasteiger partial charge in [-0.3, -0.25) is 28.8 Å². The first-order valence-electron chi connectivity index (χ1n) is 15.1. The third kappa shape index (κ3) is 8.86. The van der Waals surface area contributed by atoms with Crippen LogP contribution in [0, 0.1) is 11.8 Å². The molecule has 2 saturated heterocycles. The Balaban J connectivity index is 0.00000552. The van der Waals surface area contributed by atoms with Crippen molar-refractivity contribution in [3.8, 4) is 0 Å². The number of carbonyl (C=O) groups is 6. The number of fused-ring (bicyclic) bond motifs is 2. The second kappa shape index (κ2) is 15.7. The van der Waals surface area contributed by atoms with E-state index in [0.29, 0.717) is 12.8 Å². The van der Waals surface area contributed by atoms with Crippen LogP contribution in [0.4, 0.5) is 0 Å². The van der Waals surface area contributed by atoms with Gasteiger partial charge in [-0.05, 0) is 42.7 Å². The first kappa shape index (κ1) is 36.1. The van der Waals surface area contributed by atoms with E-state index in [0.717, 1.165) is 16.5 Å². The molecule has 0 bridgehead atoms. The van der Waals surface area contributed by atoms with Gasteiger partial charge in [0.1, 0.15) is 30.2 Å². The van der Waals surface area contributed by atoms with Crippen LogP contribution >= 0.6 is 0 Å². The number of nitrogens with one attached hydrogen (secondary N) is 5. The van der Waals surface area contributed by atoms with Crippen molar-refractivity contribution in [1.82, 2.24) is 31.2 Å². The van der Waals surface area contributed by atoms with Crippen LogP contribution in [0.5, 0.6) is 0 Å². The van der Waals surface area contributed by atoms with Crippen molar-refractivity contribution in [2.24, 2.45) is 11.8 Å². The van der Waals surface area contributed by atoms with Gasteiger partial charge in [0.25, 0.3) is 0 Å². The topological polar surface area (TPSA) is 190 Å². The summed E-state index contributed by atoms with van der Waals surface area (Å²) < 4.78 is 0. The quantitative estimate of drug-likeness (QED) is 0.239. The van der Waals surface area contributed by atoms with E-state index >= 15 is 0 Å². The number of rotatable bonds is 7. The van der Waals surface area contributed by atoms with E-state index in [1.807, 2.05) is 38.1 Å². The number of carboxylic acids is 1. The molecule has 0 aliphatic carbocycles. The molecule has 14 heteroatoms. The number of aliphatic carboxylic acids is 1. The summed E-state index contributed by atoms with van der Waals surface area (Å²) >= 11 is 0. The summed E-state index contributed by atoms with van der Waals surface area (Å²) in [4.78, 5) is 84.4. The average Bonchev–Trinajstić information content (AvgIpc) is 3.61. The molecule has 2 fully saturated rings. The van der Waals surface area contributed by atoms with Gasteiger partial charge in [0, 0.05) is 59.6 Å². The van der Waals surface area contributed by atoms with Crippen molar-refractivity contribution in [2.75, 3.05) is 6.54 Å². The van der Waals surface area contributed by atoms with Crippen molar-refractivity contribution >= 4 is 76.0 Å². The van der Waals surface area contributed by atoms with Crippen LogP contribution in [-0.4, -0.2) is 117 Å². The van der Waals surface area contributed by atoms with Crippen LogP contribution in [0.3, 0.4) is 0 Å². The van der Waals surface area contributed by atoms with Gasteiger partial charge in [-0.2, -0.15) is 0 Å². The molecule has 0 saturated carbocycles. The van der Waals surface area contributed by atoms with E-state index in [4.69, 9.17) is 0 Å². The van der Waals surface area contributed by atoms with Gasteiger partial charge in [0.15, 0.2) is 0 Å². The van der Waals surface area contributed by atoms with E-state index < -0.39 is 72.1 Å². The maximum absolute atomic E-state index is 13.8. The predicted molar refractivity (Wildman–Crippen MR) is 167 cm³/mol. The second-order valence-corrected chi connectivity index (χ2v) is 12.4. The maximum Gasteiger partial charge on any atom is 0.305 e. The molecular formula is C31H42N6NaO7. The molecule has 2 aromatic rings. The molecule has 45 heavy (non-hydrogen) atoms. The van der Waals surface area contributed by atoms with Crippen molar-refractivity contribution in [2.45, 2.75) is 90.0 Å². The summed E-state index contributed by atoms with van der Waals surface area (Å²) in [5.41, 5.74) is 1.55. The van der Waals surface area contributed by atoms with E-state index in [2.05, 4.69) is 26.3 Å². The molecule has 3 heterocycles. The molecule has 4 rings (SSSR count). The Labute approximate surface area is 284 Å². The summed E-state index contributed by atoms with van der Waals surface area (Å²) in [6, 6.07) is 1.79. The minimum atomic E-state index is -1.48. The van der Waals surface area contributed by atoms with Crippen molar-refractivity contribution < 1.29 is 33.9 Å². The number of para-hydroxylation sites is 1. The number of hydrogen-bond acceptors (Lipinski definition) is 6. The summed E-state index contributed by atoms with van der Waals surface area (Å²) in [7, 11) is 0. The second-order valence-electron chi connectivity index (χ2n) is 12.4. The van der Waals surface area contributed by atoms with Gasteiger partial charge in [-0.15, -0.1) is 0 Å². The van der Waals surface area contributed by atoms with Crippen molar-refractivity contribution in [3.63, 3.8) is 0 Å². The Hall–Kier alpha value is -3.42. The van der Waals surface area contributed by atoms with Crippen LogP contribution < -0.4 is 21.3 Å². The summed E-state index contributed by atoms with van der Waals surface area (Å²) in [5, 5.41) is 21.3. The maximum atomic E-state index is 13.8. The standard InChI is InChI=1S/C31H42N6O7.Na/c1-16(2)12-21-27(40)33-22(13-18-15-32-20-9-6-5-8-19(18)20)28(41)35-23(14-25(38)39)31(44)37-11-7-10-24(37)29(42)36-26(17(3)4)30(43)34-21;/h5-6,8-9,15-17,21-24,26,32H,7,10-14H2,1-4H3,(H,33,40)(H,34,43)(H,35,41)(H,36,42)(H,38,39);. The zero-order valence-corrected chi connectivity index (χ0v) is 28.5. The molecule has 1 radical (unpaired) electrons. The number of aromatic nitrogens is 1. The third-order valence-electron chi connectivity index (χ3n) is 8.15. The zero-order valence-electron chi connectivity index (χ0n) is 26.5. The van der Waals surface area contributed by atoms with Gasteiger partial charge in [0.2, 0.25) is 29.5 Å². The fourth-order valence-electron chi connectivity index (χ4n) is 5.90. The number of aromatic amines is 1. The van der Waals surface area contributed by atoms with Crippen LogP contribution in [-0.2, 0) is 35.2 Å². The fourth-order valence-corrected chi connectivity index (χ4v) is 5.90. The molecule has 2 aliphatic heterocycles. The number of carboxylic acid groups (broad SMARTS) is 1. The predicted octanol–water partition coefficient (Wildman–Crippen LogP) is 0.450. The SMILES string of the molecule is CC(C)CC1NC(=O)C(C(C)C)NC(=O)C2CCCN2C(=O)C(CC(=O)O)NC(=O)C(Cc2c[nH]c3ccccc23)NC1=O.[Na]. The van der Waals surface area contributed by atoms with E-state index in [9.17, 15) is 33.9 Å². The van der Waals surface area contributed by atoms with Gasteiger partial charge >= 0.3 is 5.97 Å². The monoisotopic (exact) mass is 633 g/mol. The first-order chi connectivity index (χ1) is 20.8. The number of H-pyrrole nitrogens is 1. The van der Waals surface area contributed by atoms with Gasteiger partial charge < -0.3 is 36.3 Å². The minimum absolute atomic E-state index is 0. The molecular weight excluding hydrogens is 591 g/mol. The summed E-state index contributed by atoms with van der Waals surface area (Å²) in [5.74, 6) is -4.86. The molecule has 13 nitrogen and oxygen atoms in total. The Morgan fingerprint density at radius 3 is 2.20 bits per heavy atom. The summed E-state index contributed by atoms with van der Waals surface area (Å²) in [6.45, 7) is 7.49. The number of hydrogen-bond donors (Lipinski definition) is 6. The van der Waals surface area contributed by atoms with Crippen LogP contribution in [0.25, 0.3) is 10.9 Å². The zero-order chi connectivity index (χ0) is 32.1. The molecule has 239 valence electrons. The Morgan fingerprint density at radius 2 is 1.53 bits per heavy atom. The molecule has 2 aliphatic rings. The first-order valence-corrected chi connectivity index (χ1v) is 15.1. The average molecular weight is 634 g/mol. The fraction of sp³-hybridized carbons (Fsp3) is 0.548. The molecule has 5 amide bonds. The third-order valence-corrected chi connectivity index (χ3v) is 8.15. The number of benzene rings is 1. The Morgan fingerprint density at radius 1 is 0.889 bits per heavy atom. The van der Waals surface area contributed by atoms with Gasteiger partial charge in [-0.25, -0.2) is 0 Å². The minimum Gasteiger partial charge on any atom is -0.481 e. The van der Waals surface area contributed by atoms with Crippen molar-refractivity contribution in [1.29, 1.82) is 0 Å². The van der Waals surface area contributed by atoms with E-state index in [1.165, 1.54) is 4.90 Å². The number of nitrogens with zero attached hydrogens (tertiary/aromatic N) is 1. The summed E-state index contributed by atoms with van der Waals surface area (Å²) in [6.07, 6.45) is 2.11. The largest absolute Gasteiger partial charge is 0.481 e. The molecule has 5 atom stereocenters. The molecule has 5 unspecified atom stereocenters. The van der Waals surface area contributed by atoms with E-state index in [-0.39, 0.29) is 60.8 Å². The van der Waals surface area contributed by atoms with E-state index in [1.54, 1.807) is 20.0 Å². The molecule has 1 aromatic carbocycles. The Bertz CT molecular complexity index is 1430. The smallest absolute Gasteiger partial charge is 0.305 e. The molecule has 0 spiro atoms.